The van der Waals surface area contributed by atoms with Crippen LogP contribution >= 0.6 is 11.6 Å². The van der Waals surface area contributed by atoms with Gasteiger partial charge in [-0.1, -0.05) is 18.5 Å². The smallest absolute Gasteiger partial charge is 0.357 e. The predicted molar refractivity (Wildman–Crippen MR) is 49.2 cm³/mol. The molecule has 1 aromatic heterocycles. The van der Waals surface area contributed by atoms with Crippen LogP contribution in [0.25, 0.3) is 0 Å². The summed E-state index contributed by atoms with van der Waals surface area (Å²) in [6.45, 7) is 4.45. The van der Waals surface area contributed by atoms with Crippen molar-refractivity contribution in [1.82, 2.24) is 9.78 Å². The Balaban J connectivity index is 3.26. The summed E-state index contributed by atoms with van der Waals surface area (Å²) < 4.78 is 1.62. The van der Waals surface area contributed by atoms with Crippen molar-refractivity contribution in [2.75, 3.05) is 0 Å². The van der Waals surface area contributed by atoms with Crippen molar-refractivity contribution in [2.24, 2.45) is 0 Å². The third-order valence-corrected chi connectivity index (χ3v) is 2.23. The van der Waals surface area contributed by atoms with E-state index in [0.29, 0.717) is 13.0 Å². The molecule has 0 fully saturated rings. The Hall–Kier alpha value is -1.03. The van der Waals surface area contributed by atoms with Crippen molar-refractivity contribution in [3.05, 3.63) is 16.4 Å². The predicted octanol–water partition coefficient (Wildman–Crippen LogP) is 1.82. The van der Waals surface area contributed by atoms with Gasteiger partial charge in [-0.15, -0.1) is 0 Å². The van der Waals surface area contributed by atoms with Crippen molar-refractivity contribution in [3.8, 4) is 0 Å². The third-order valence-electron chi connectivity index (χ3n) is 1.83. The first-order valence-corrected chi connectivity index (χ1v) is 4.48. The topological polar surface area (TPSA) is 55.1 Å². The van der Waals surface area contributed by atoms with Crippen LogP contribution in [0.3, 0.4) is 0 Å². The maximum absolute atomic E-state index is 10.7. The van der Waals surface area contributed by atoms with Crippen LogP contribution in [0, 0.1) is 0 Å². The first-order chi connectivity index (χ1) is 6.11. The minimum atomic E-state index is -1.08. The van der Waals surface area contributed by atoms with Gasteiger partial charge in [-0.2, -0.15) is 5.10 Å². The van der Waals surface area contributed by atoms with Gasteiger partial charge in [-0.25, -0.2) is 4.79 Å². The van der Waals surface area contributed by atoms with E-state index in [1.807, 2.05) is 13.8 Å². The molecule has 0 unspecified atom stereocenters. The molecule has 4 nitrogen and oxygen atoms in total. The summed E-state index contributed by atoms with van der Waals surface area (Å²) in [5, 5.41) is 12.9. The van der Waals surface area contributed by atoms with Gasteiger partial charge in [-0.3, -0.25) is 4.68 Å². The van der Waals surface area contributed by atoms with E-state index >= 15 is 0 Å². The average molecular weight is 203 g/mol. The number of carboxylic acids is 1. The van der Waals surface area contributed by atoms with Crippen molar-refractivity contribution >= 4 is 17.6 Å². The Kier molecular flexibility index (Phi) is 2.93. The van der Waals surface area contributed by atoms with Gasteiger partial charge in [0.1, 0.15) is 0 Å². The summed E-state index contributed by atoms with van der Waals surface area (Å²) in [6, 6.07) is 0. The summed E-state index contributed by atoms with van der Waals surface area (Å²) in [4.78, 5) is 10.7. The third kappa shape index (κ3) is 1.67. The molecule has 1 aromatic rings. The van der Waals surface area contributed by atoms with E-state index in [1.165, 1.54) is 0 Å². The SMILES string of the molecule is CCc1c(Cl)c(C(=O)O)nn1CC. The van der Waals surface area contributed by atoms with Crippen molar-refractivity contribution in [2.45, 2.75) is 26.8 Å². The van der Waals surface area contributed by atoms with E-state index in [1.54, 1.807) is 4.68 Å². The molecule has 0 bridgehead atoms. The molecule has 0 amide bonds. The molecule has 72 valence electrons. The highest BCUT2D eigenvalue weighted by molar-refractivity contribution is 6.33. The van der Waals surface area contributed by atoms with E-state index in [-0.39, 0.29) is 10.7 Å². The summed E-state index contributed by atoms with van der Waals surface area (Å²) in [5.74, 6) is -1.08. The van der Waals surface area contributed by atoms with E-state index in [9.17, 15) is 4.79 Å². The Labute approximate surface area is 81.1 Å². The van der Waals surface area contributed by atoms with Gasteiger partial charge in [0.15, 0.2) is 5.69 Å². The molecule has 0 radical (unpaired) electrons. The standard InChI is InChI=1S/C8H11ClN2O2/c1-3-5-6(9)7(8(12)13)10-11(5)4-2/h3-4H2,1-2H3,(H,12,13). The summed E-state index contributed by atoms with van der Waals surface area (Å²) in [5.41, 5.74) is 0.724. The quantitative estimate of drug-likeness (QED) is 0.814. The number of aromatic nitrogens is 2. The van der Waals surface area contributed by atoms with Gasteiger partial charge in [0.25, 0.3) is 0 Å². The number of aromatic carboxylic acids is 1. The van der Waals surface area contributed by atoms with Crippen LogP contribution in [0.15, 0.2) is 0 Å². The molecule has 0 atom stereocenters. The van der Waals surface area contributed by atoms with Gasteiger partial charge in [0.05, 0.1) is 10.7 Å². The first-order valence-electron chi connectivity index (χ1n) is 4.10. The Morgan fingerprint density at radius 1 is 1.62 bits per heavy atom. The highest BCUT2D eigenvalue weighted by Crippen LogP contribution is 2.21. The van der Waals surface area contributed by atoms with Crippen LogP contribution in [-0.2, 0) is 13.0 Å². The minimum absolute atomic E-state index is 0.0552. The van der Waals surface area contributed by atoms with Crippen molar-refractivity contribution in [1.29, 1.82) is 0 Å². The molecule has 0 aliphatic heterocycles. The highest BCUT2D eigenvalue weighted by atomic mass is 35.5. The molecule has 0 saturated carbocycles. The Morgan fingerprint density at radius 3 is 2.54 bits per heavy atom. The monoisotopic (exact) mass is 202 g/mol. The van der Waals surface area contributed by atoms with E-state index < -0.39 is 5.97 Å². The zero-order chi connectivity index (χ0) is 10.0. The highest BCUT2D eigenvalue weighted by Gasteiger charge is 2.18. The van der Waals surface area contributed by atoms with Crippen molar-refractivity contribution < 1.29 is 9.90 Å². The lowest BCUT2D eigenvalue weighted by Gasteiger charge is -1.99. The molecular formula is C8H11ClN2O2. The fraction of sp³-hybridized carbons (Fsp3) is 0.500. The van der Waals surface area contributed by atoms with Crippen LogP contribution < -0.4 is 0 Å². The fourth-order valence-electron chi connectivity index (χ4n) is 1.21. The zero-order valence-electron chi connectivity index (χ0n) is 7.54. The van der Waals surface area contributed by atoms with Crippen LogP contribution in [0.1, 0.15) is 30.0 Å². The molecule has 1 rings (SSSR count). The number of carbonyl (C=O) groups is 1. The Morgan fingerprint density at radius 2 is 2.23 bits per heavy atom. The maximum Gasteiger partial charge on any atom is 0.357 e. The first kappa shape index (κ1) is 10.1. The van der Waals surface area contributed by atoms with Gasteiger partial charge >= 0.3 is 5.97 Å². The number of carboxylic acid groups (broad SMARTS) is 1. The second-order valence-corrected chi connectivity index (χ2v) is 2.96. The average Bonchev–Trinajstić information content (AvgIpc) is 2.41. The van der Waals surface area contributed by atoms with Crippen LogP contribution in [-0.4, -0.2) is 20.9 Å². The second-order valence-electron chi connectivity index (χ2n) is 2.58. The molecule has 0 saturated heterocycles. The number of hydrogen-bond acceptors (Lipinski definition) is 2. The number of nitrogens with zero attached hydrogens (tertiary/aromatic N) is 2. The maximum atomic E-state index is 10.7. The van der Waals surface area contributed by atoms with Gasteiger partial charge in [0.2, 0.25) is 0 Å². The largest absolute Gasteiger partial charge is 0.476 e. The molecule has 0 aliphatic rings. The molecule has 1 heterocycles. The molecule has 0 spiro atoms. The normalized spacial score (nSPS) is 10.4. The summed E-state index contributed by atoms with van der Waals surface area (Å²) >= 11 is 5.84. The molecule has 5 heteroatoms. The lowest BCUT2D eigenvalue weighted by atomic mass is 10.3. The molecule has 0 aliphatic carbocycles. The van der Waals surface area contributed by atoms with Gasteiger partial charge in [-0.05, 0) is 13.3 Å². The summed E-state index contributed by atoms with van der Waals surface area (Å²) in [7, 11) is 0. The number of hydrogen-bond donors (Lipinski definition) is 1. The zero-order valence-corrected chi connectivity index (χ0v) is 8.30. The van der Waals surface area contributed by atoms with Crippen LogP contribution in [0.5, 0.6) is 0 Å². The van der Waals surface area contributed by atoms with Gasteiger partial charge in [0, 0.05) is 6.54 Å². The Bertz CT molecular complexity index is 333. The molecule has 13 heavy (non-hydrogen) atoms. The lowest BCUT2D eigenvalue weighted by molar-refractivity contribution is 0.0689. The molecule has 1 N–H and O–H groups in total. The van der Waals surface area contributed by atoms with E-state index in [2.05, 4.69) is 5.10 Å². The molecule has 0 aromatic carbocycles. The van der Waals surface area contributed by atoms with Crippen molar-refractivity contribution in [3.63, 3.8) is 0 Å². The fourth-order valence-corrected chi connectivity index (χ4v) is 1.56. The number of aryl methyl sites for hydroxylation is 1. The van der Waals surface area contributed by atoms with Gasteiger partial charge < -0.3 is 5.11 Å². The van der Waals surface area contributed by atoms with Crippen LogP contribution in [0.2, 0.25) is 5.02 Å². The number of halogens is 1. The second kappa shape index (κ2) is 3.79. The molecular weight excluding hydrogens is 192 g/mol. The van der Waals surface area contributed by atoms with Crippen LogP contribution in [0.4, 0.5) is 0 Å². The summed E-state index contributed by atoms with van der Waals surface area (Å²) in [6.07, 6.45) is 0.687. The lowest BCUT2D eigenvalue weighted by Crippen LogP contribution is -2.03. The minimum Gasteiger partial charge on any atom is -0.476 e. The number of rotatable bonds is 3. The van der Waals surface area contributed by atoms with E-state index in [0.717, 1.165) is 5.69 Å². The van der Waals surface area contributed by atoms with E-state index in [4.69, 9.17) is 16.7 Å².